The zero-order valence-electron chi connectivity index (χ0n) is 11.5. The standard InChI is InChI=1S/C15H24NO2/c1-3-4-5-6-8-11-15(17)18-14(2)16-12-9-7-10-13-16/h7,9-10,12-14H,3-6,8,11H2,1-2H3/q+1. The summed E-state index contributed by atoms with van der Waals surface area (Å²) >= 11 is 0. The Labute approximate surface area is 110 Å². The van der Waals surface area contributed by atoms with Crippen LogP contribution in [0.25, 0.3) is 0 Å². The molecule has 0 amide bonds. The predicted molar refractivity (Wildman–Crippen MR) is 70.8 cm³/mol. The van der Waals surface area contributed by atoms with Gasteiger partial charge in [0, 0.05) is 25.5 Å². The Kier molecular flexibility index (Phi) is 7.07. The van der Waals surface area contributed by atoms with Gasteiger partial charge in [-0.2, -0.15) is 4.57 Å². The predicted octanol–water partition coefficient (Wildman–Crippen LogP) is 3.40. The number of rotatable bonds is 8. The number of hydrogen-bond donors (Lipinski definition) is 0. The molecule has 1 atom stereocenters. The summed E-state index contributed by atoms with van der Waals surface area (Å²) in [5.74, 6) is -0.102. The van der Waals surface area contributed by atoms with Crippen LogP contribution in [0.5, 0.6) is 0 Å². The summed E-state index contributed by atoms with van der Waals surface area (Å²) in [6.07, 6.45) is 9.86. The first-order valence-electron chi connectivity index (χ1n) is 6.89. The largest absolute Gasteiger partial charge is 0.403 e. The number of hydrogen-bond acceptors (Lipinski definition) is 2. The van der Waals surface area contributed by atoms with E-state index in [4.69, 9.17) is 4.74 Å². The molecule has 0 aliphatic rings. The maximum atomic E-state index is 11.6. The maximum Gasteiger partial charge on any atom is 0.310 e. The fourth-order valence-electron chi connectivity index (χ4n) is 1.84. The monoisotopic (exact) mass is 250 g/mol. The highest BCUT2D eigenvalue weighted by Crippen LogP contribution is 2.07. The third-order valence-electron chi connectivity index (χ3n) is 2.94. The molecule has 3 nitrogen and oxygen atoms in total. The van der Waals surface area contributed by atoms with Crippen molar-refractivity contribution in [1.82, 2.24) is 0 Å². The van der Waals surface area contributed by atoms with Crippen LogP contribution in [0.15, 0.2) is 30.6 Å². The van der Waals surface area contributed by atoms with Crippen molar-refractivity contribution in [1.29, 1.82) is 0 Å². The van der Waals surface area contributed by atoms with Gasteiger partial charge in [0.1, 0.15) is 0 Å². The number of esters is 1. The van der Waals surface area contributed by atoms with Crippen molar-refractivity contribution in [2.75, 3.05) is 0 Å². The van der Waals surface area contributed by atoms with Gasteiger partial charge in [-0.1, -0.05) is 38.7 Å². The molecule has 100 valence electrons. The molecule has 0 saturated heterocycles. The summed E-state index contributed by atoms with van der Waals surface area (Å²) in [4.78, 5) is 11.6. The van der Waals surface area contributed by atoms with E-state index >= 15 is 0 Å². The third kappa shape index (κ3) is 5.80. The summed E-state index contributed by atoms with van der Waals surface area (Å²) in [5, 5.41) is 0. The highest BCUT2D eigenvalue weighted by molar-refractivity contribution is 5.69. The van der Waals surface area contributed by atoms with Gasteiger partial charge in [-0.15, -0.1) is 0 Å². The highest BCUT2D eigenvalue weighted by Gasteiger charge is 2.15. The van der Waals surface area contributed by atoms with Gasteiger partial charge in [0.2, 0.25) is 0 Å². The molecule has 0 saturated carbocycles. The maximum absolute atomic E-state index is 11.6. The van der Waals surface area contributed by atoms with E-state index in [1.807, 2.05) is 42.1 Å². The molecule has 1 aromatic heterocycles. The zero-order chi connectivity index (χ0) is 13.2. The minimum atomic E-state index is -0.227. The number of unbranched alkanes of at least 4 members (excludes halogenated alkanes) is 4. The number of ether oxygens (including phenoxy) is 1. The Morgan fingerprint density at radius 1 is 1.11 bits per heavy atom. The first-order valence-corrected chi connectivity index (χ1v) is 6.89. The van der Waals surface area contributed by atoms with Crippen LogP contribution in [0.2, 0.25) is 0 Å². The van der Waals surface area contributed by atoms with E-state index in [1.165, 1.54) is 19.3 Å². The van der Waals surface area contributed by atoms with Crippen molar-refractivity contribution in [3.05, 3.63) is 30.6 Å². The lowest BCUT2D eigenvalue weighted by atomic mass is 10.1. The topological polar surface area (TPSA) is 30.2 Å². The molecule has 0 spiro atoms. The highest BCUT2D eigenvalue weighted by atomic mass is 16.6. The first kappa shape index (κ1) is 14.7. The minimum Gasteiger partial charge on any atom is -0.403 e. The Hall–Kier alpha value is -1.38. The summed E-state index contributed by atoms with van der Waals surface area (Å²) in [6, 6.07) is 5.79. The van der Waals surface area contributed by atoms with Crippen molar-refractivity contribution in [2.45, 2.75) is 58.6 Å². The van der Waals surface area contributed by atoms with Gasteiger partial charge >= 0.3 is 12.2 Å². The Morgan fingerprint density at radius 2 is 1.78 bits per heavy atom. The van der Waals surface area contributed by atoms with E-state index in [2.05, 4.69) is 6.92 Å². The molecule has 0 N–H and O–H groups in total. The fourth-order valence-corrected chi connectivity index (χ4v) is 1.84. The molecule has 3 heteroatoms. The van der Waals surface area contributed by atoms with Crippen molar-refractivity contribution in [3.63, 3.8) is 0 Å². The fraction of sp³-hybridized carbons (Fsp3) is 0.600. The van der Waals surface area contributed by atoms with Crippen LogP contribution in [-0.2, 0) is 9.53 Å². The average Bonchev–Trinajstić information content (AvgIpc) is 2.39. The van der Waals surface area contributed by atoms with Crippen LogP contribution in [0.3, 0.4) is 0 Å². The van der Waals surface area contributed by atoms with Crippen LogP contribution in [0.1, 0.15) is 58.6 Å². The second-order valence-corrected chi connectivity index (χ2v) is 4.58. The number of carbonyl (C=O) groups is 1. The molecule has 0 bridgehead atoms. The number of aromatic nitrogens is 1. The first-order chi connectivity index (χ1) is 8.74. The smallest absolute Gasteiger partial charge is 0.310 e. The molecular formula is C15H24NO2+. The lowest BCUT2D eigenvalue weighted by Crippen LogP contribution is -2.39. The van der Waals surface area contributed by atoms with E-state index in [1.54, 1.807) is 0 Å². The second kappa shape index (κ2) is 8.67. The number of carbonyl (C=O) groups excluding carboxylic acids is 1. The quantitative estimate of drug-likeness (QED) is 0.402. The molecule has 1 rings (SSSR count). The molecule has 18 heavy (non-hydrogen) atoms. The van der Waals surface area contributed by atoms with Crippen molar-refractivity contribution >= 4 is 5.97 Å². The van der Waals surface area contributed by atoms with Crippen LogP contribution in [0.4, 0.5) is 0 Å². The normalized spacial score (nSPS) is 12.1. The Balaban J connectivity index is 2.20. The lowest BCUT2D eigenvalue weighted by Gasteiger charge is -2.08. The SMILES string of the molecule is CCCCCCCC(=O)OC(C)[n+]1ccccc1. The van der Waals surface area contributed by atoms with Crippen molar-refractivity contribution in [2.24, 2.45) is 0 Å². The molecule has 1 unspecified atom stereocenters. The molecule has 0 fully saturated rings. The van der Waals surface area contributed by atoms with Gasteiger partial charge in [-0.05, 0) is 6.42 Å². The molecule has 0 radical (unpaired) electrons. The Morgan fingerprint density at radius 3 is 2.44 bits per heavy atom. The van der Waals surface area contributed by atoms with Crippen LogP contribution in [-0.4, -0.2) is 5.97 Å². The van der Waals surface area contributed by atoms with E-state index in [0.717, 1.165) is 12.8 Å². The Bertz CT molecular complexity index is 338. The molecule has 1 aromatic rings. The summed E-state index contributed by atoms with van der Waals surface area (Å²) < 4.78 is 7.25. The van der Waals surface area contributed by atoms with E-state index in [9.17, 15) is 4.79 Å². The van der Waals surface area contributed by atoms with Crippen LogP contribution in [0, 0.1) is 0 Å². The van der Waals surface area contributed by atoms with E-state index in [0.29, 0.717) is 6.42 Å². The molecule has 1 heterocycles. The van der Waals surface area contributed by atoms with Gasteiger partial charge in [0.05, 0.1) is 0 Å². The molecular weight excluding hydrogens is 226 g/mol. The van der Waals surface area contributed by atoms with Gasteiger partial charge in [0.15, 0.2) is 12.4 Å². The molecule has 0 aliphatic carbocycles. The summed E-state index contributed by atoms with van der Waals surface area (Å²) in [6.45, 7) is 4.07. The molecule has 0 aliphatic heterocycles. The third-order valence-corrected chi connectivity index (χ3v) is 2.94. The zero-order valence-corrected chi connectivity index (χ0v) is 11.5. The number of nitrogens with zero attached hydrogens (tertiary/aromatic N) is 1. The van der Waals surface area contributed by atoms with Gasteiger partial charge in [-0.25, -0.2) is 0 Å². The lowest BCUT2D eigenvalue weighted by molar-refractivity contribution is -0.753. The van der Waals surface area contributed by atoms with Crippen molar-refractivity contribution < 1.29 is 14.1 Å². The average molecular weight is 250 g/mol. The van der Waals surface area contributed by atoms with E-state index in [-0.39, 0.29) is 12.2 Å². The van der Waals surface area contributed by atoms with Gasteiger partial charge in [0.25, 0.3) is 0 Å². The summed E-state index contributed by atoms with van der Waals surface area (Å²) in [7, 11) is 0. The van der Waals surface area contributed by atoms with Crippen molar-refractivity contribution in [3.8, 4) is 0 Å². The van der Waals surface area contributed by atoms with Crippen LogP contribution < -0.4 is 4.57 Å². The van der Waals surface area contributed by atoms with Gasteiger partial charge < -0.3 is 4.74 Å². The molecule has 0 aromatic carbocycles. The van der Waals surface area contributed by atoms with E-state index < -0.39 is 0 Å². The summed E-state index contributed by atoms with van der Waals surface area (Å²) in [5.41, 5.74) is 0. The minimum absolute atomic E-state index is 0.102. The number of pyridine rings is 1. The van der Waals surface area contributed by atoms with Crippen LogP contribution >= 0.6 is 0 Å². The second-order valence-electron chi connectivity index (χ2n) is 4.58. The van der Waals surface area contributed by atoms with Gasteiger partial charge in [-0.3, -0.25) is 4.79 Å².